The molecule has 2 fully saturated rings. The van der Waals surface area contributed by atoms with Crippen LogP contribution in [0.15, 0.2) is 24.3 Å². The molecule has 3 rings (SSSR count). The van der Waals surface area contributed by atoms with Crippen molar-refractivity contribution in [3.05, 3.63) is 29.8 Å². The molecule has 1 saturated heterocycles. The summed E-state index contributed by atoms with van der Waals surface area (Å²) in [6.07, 6.45) is 4.21. The molecule has 1 unspecified atom stereocenters. The number of hydrogen-bond donors (Lipinski definition) is 2. The van der Waals surface area contributed by atoms with E-state index in [0.29, 0.717) is 6.42 Å². The summed E-state index contributed by atoms with van der Waals surface area (Å²) in [5.41, 5.74) is 0.0860. The highest BCUT2D eigenvalue weighted by molar-refractivity contribution is 5.88. The molecule has 2 amide bonds. The summed E-state index contributed by atoms with van der Waals surface area (Å²) in [5, 5.41) is 6.34. The van der Waals surface area contributed by atoms with Gasteiger partial charge in [0.2, 0.25) is 11.8 Å². The van der Waals surface area contributed by atoms with E-state index in [1.54, 1.807) is 7.11 Å². The minimum atomic E-state index is -0.640. The SMILES string of the molecule is COc1ccc(C(C)(C)C(=O)NC2CCC(=O)NC23CCC3)cc1. The van der Waals surface area contributed by atoms with E-state index in [-0.39, 0.29) is 23.4 Å². The third kappa shape index (κ3) is 2.87. The van der Waals surface area contributed by atoms with Gasteiger partial charge >= 0.3 is 0 Å². The van der Waals surface area contributed by atoms with Crippen LogP contribution in [-0.2, 0) is 15.0 Å². The summed E-state index contributed by atoms with van der Waals surface area (Å²) in [7, 11) is 1.63. The molecular formula is C19H26N2O3. The molecule has 0 radical (unpaired) electrons. The highest BCUT2D eigenvalue weighted by Gasteiger charge is 2.49. The van der Waals surface area contributed by atoms with Crippen LogP contribution in [0, 0.1) is 0 Å². The summed E-state index contributed by atoms with van der Waals surface area (Å²) in [6, 6.07) is 7.63. The molecule has 5 heteroatoms. The summed E-state index contributed by atoms with van der Waals surface area (Å²) in [4.78, 5) is 24.7. The lowest BCUT2D eigenvalue weighted by atomic mass is 9.68. The van der Waals surface area contributed by atoms with Crippen LogP contribution in [0.25, 0.3) is 0 Å². The zero-order valence-corrected chi connectivity index (χ0v) is 14.6. The average molecular weight is 330 g/mol. The van der Waals surface area contributed by atoms with Crippen LogP contribution in [0.2, 0.25) is 0 Å². The number of rotatable bonds is 4. The highest BCUT2D eigenvalue weighted by atomic mass is 16.5. The molecule has 1 aliphatic carbocycles. The van der Waals surface area contributed by atoms with Crippen LogP contribution in [0.4, 0.5) is 0 Å². The minimum Gasteiger partial charge on any atom is -0.497 e. The first-order valence-corrected chi connectivity index (χ1v) is 8.64. The van der Waals surface area contributed by atoms with Gasteiger partial charge in [-0.25, -0.2) is 0 Å². The van der Waals surface area contributed by atoms with Gasteiger partial charge in [0.25, 0.3) is 0 Å². The van der Waals surface area contributed by atoms with E-state index in [1.165, 1.54) is 0 Å². The number of carbonyl (C=O) groups excluding carboxylic acids is 2. The maximum absolute atomic E-state index is 12.9. The van der Waals surface area contributed by atoms with E-state index >= 15 is 0 Å². The summed E-state index contributed by atoms with van der Waals surface area (Å²) in [5.74, 6) is 0.882. The van der Waals surface area contributed by atoms with Gasteiger partial charge in [0.1, 0.15) is 5.75 Å². The number of ether oxygens (including phenoxy) is 1. The Balaban J connectivity index is 1.74. The van der Waals surface area contributed by atoms with Gasteiger partial charge in [-0.3, -0.25) is 9.59 Å². The second-order valence-electron chi connectivity index (χ2n) is 7.48. The van der Waals surface area contributed by atoms with E-state index in [0.717, 1.165) is 37.0 Å². The van der Waals surface area contributed by atoms with Crippen molar-refractivity contribution in [3.8, 4) is 5.75 Å². The van der Waals surface area contributed by atoms with Gasteiger partial charge in [-0.15, -0.1) is 0 Å². The van der Waals surface area contributed by atoms with Crippen molar-refractivity contribution >= 4 is 11.8 Å². The second-order valence-corrected chi connectivity index (χ2v) is 7.48. The monoisotopic (exact) mass is 330 g/mol. The highest BCUT2D eigenvalue weighted by Crippen LogP contribution is 2.39. The number of carbonyl (C=O) groups is 2. The lowest BCUT2D eigenvalue weighted by Gasteiger charge is -2.51. The van der Waals surface area contributed by atoms with E-state index in [4.69, 9.17) is 4.74 Å². The van der Waals surface area contributed by atoms with Gasteiger partial charge in [-0.2, -0.15) is 0 Å². The van der Waals surface area contributed by atoms with Crippen LogP contribution >= 0.6 is 0 Å². The predicted octanol–water partition coefficient (Wildman–Crippen LogP) is 2.29. The predicted molar refractivity (Wildman–Crippen MR) is 91.9 cm³/mol. The molecule has 1 spiro atoms. The van der Waals surface area contributed by atoms with Gasteiger partial charge in [-0.05, 0) is 57.2 Å². The number of amides is 2. The van der Waals surface area contributed by atoms with Gasteiger partial charge < -0.3 is 15.4 Å². The van der Waals surface area contributed by atoms with Crippen LogP contribution in [0.5, 0.6) is 5.75 Å². The Bertz CT molecular complexity index is 633. The summed E-state index contributed by atoms with van der Waals surface area (Å²) >= 11 is 0. The fourth-order valence-electron chi connectivity index (χ4n) is 3.70. The quantitative estimate of drug-likeness (QED) is 0.890. The smallest absolute Gasteiger partial charge is 0.230 e. The summed E-state index contributed by atoms with van der Waals surface area (Å²) < 4.78 is 5.18. The molecule has 1 aromatic carbocycles. The number of piperidine rings is 1. The van der Waals surface area contributed by atoms with Gasteiger partial charge in [-0.1, -0.05) is 12.1 Å². The summed E-state index contributed by atoms with van der Waals surface area (Å²) in [6.45, 7) is 3.86. The fourth-order valence-corrected chi connectivity index (χ4v) is 3.70. The molecule has 1 saturated carbocycles. The number of nitrogens with one attached hydrogen (secondary N) is 2. The Labute approximate surface area is 143 Å². The van der Waals surface area contributed by atoms with Crippen LogP contribution in [-0.4, -0.2) is 30.5 Å². The van der Waals surface area contributed by atoms with Crippen LogP contribution in [0.1, 0.15) is 51.5 Å². The van der Waals surface area contributed by atoms with E-state index in [2.05, 4.69) is 10.6 Å². The van der Waals surface area contributed by atoms with Crippen LogP contribution in [0.3, 0.4) is 0 Å². The maximum Gasteiger partial charge on any atom is 0.230 e. The normalized spacial score (nSPS) is 22.5. The average Bonchev–Trinajstić information content (AvgIpc) is 2.54. The molecule has 1 heterocycles. The van der Waals surface area contributed by atoms with Crippen LogP contribution < -0.4 is 15.4 Å². The Morgan fingerprint density at radius 2 is 1.96 bits per heavy atom. The molecule has 2 N–H and O–H groups in total. The molecule has 2 aliphatic rings. The second kappa shape index (κ2) is 6.11. The Kier molecular flexibility index (Phi) is 4.28. The first-order valence-electron chi connectivity index (χ1n) is 8.64. The molecule has 1 aliphatic heterocycles. The van der Waals surface area contributed by atoms with Crippen molar-refractivity contribution in [1.29, 1.82) is 0 Å². The minimum absolute atomic E-state index is 0.0000841. The number of hydrogen-bond acceptors (Lipinski definition) is 3. The van der Waals surface area contributed by atoms with E-state index in [9.17, 15) is 9.59 Å². The zero-order chi connectivity index (χ0) is 17.4. The van der Waals surface area contributed by atoms with Gasteiger partial charge in [0.15, 0.2) is 0 Å². The maximum atomic E-state index is 12.9. The molecule has 24 heavy (non-hydrogen) atoms. The molecule has 1 atom stereocenters. The van der Waals surface area contributed by atoms with E-state index in [1.807, 2.05) is 38.1 Å². The standard InChI is InChI=1S/C19H26N2O3/c1-18(2,13-5-7-14(24-3)8-6-13)17(23)20-15-9-10-16(22)21-19(15)11-4-12-19/h5-8,15H,4,9-12H2,1-3H3,(H,20,23)(H,21,22). The molecular weight excluding hydrogens is 304 g/mol. The Hall–Kier alpha value is -2.04. The first kappa shape index (κ1) is 16.8. The third-order valence-corrected chi connectivity index (χ3v) is 5.65. The van der Waals surface area contributed by atoms with Crippen molar-refractivity contribution in [2.75, 3.05) is 7.11 Å². The number of methoxy groups -OCH3 is 1. The van der Waals surface area contributed by atoms with E-state index < -0.39 is 5.41 Å². The number of benzene rings is 1. The largest absolute Gasteiger partial charge is 0.497 e. The lowest BCUT2D eigenvalue weighted by Crippen LogP contribution is -2.69. The lowest BCUT2D eigenvalue weighted by molar-refractivity contribution is -0.133. The Morgan fingerprint density at radius 1 is 1.29 bits per heavy atom. The van der Waals surface area contributed by atoms with Crippen molar-refractivity contribution in [2.24, 2.45) is 0 Å². The van der Waals surface area contributed by atoms with Crippen molar-refractivity contribution in [3.63, 3.8) is 0 Å². The van der Waals surface area contributed by atoms with Crippen molar-refractivity contribution in [1.82, 2.24) is 10.6 Å². The first-order chi connectivity index (χ1) is 11.4. The van der Waals surface area contributed by atoms with Gasteiger partial charge in [0, 0.05) is 6.42 Å². The molecule has 130 valence electrons. The fraction of sp³-hybridized carbons (Fsp3) is 0.579. The third-order valence-electron chi connectivity index (χ3n) is 5.65. The molecule has 0 bridgehead atoms. The molecule has 5 nitrogen and oxygen atoms in total. The van der Waals surface area contributed by atoms with Gasteiger partial charge in [0.05, 0.1) is 24.1 Å². The molecule has 1 aromatic rings. The van der Waals surface area contributed by atoms with Crippen molar-refractivity contribution < 1.29 is 14.3 Å². The molecule has 0 aromatic heterocycles. The topological polar surface area (TPSA) is 67.4 Å². The Morgan fingerprint density at radius 3 is 2.50 bits per heavy atom. The zero-order valence-electron chi connectivity index (χ0n) is 14.6. The van der Waals surface area contributed by atoms with Crippen molar-refractivity contribution in [2.45, 2.75) is 62.9 Å².